The SMILES string of the molecule is NC(=O)CC#Cc1cnc2ccccc2c1. The fourth-order valence-electron chi connectivity index (χ4n) is 1.37. The van der Waals surface area contributed by atoms with Gasteiger partial charge in [0.05, 0.1) is 11.9 Å². The number of nitrogens with two attached hydrogens (primary N) is 1. The van der Waals surface area contributed by atoms with E-state index in [0.29, 0.717) is 0 Å². The fourth-order valence-corrected chi connectivity index (χ4v) is 1.37. The zero-order chi connectivity index (χ0) is 11.4. The highest BCUT2D eigenvalue weighted by Crippen LogP contribution is 2.11. The van der Waals surface area contributed by atoms with Crippen LogP contribution >= 0.6 is 0 Å². The van der Waals surface area contributed by atoms with Gasteiger partial charge in [0.15, 0.2) is 0 Å². The second-order valence-electron chi connectivity index (χ2n) is 3.36. The monoisotopic (exact) mass is 210 g/mol. The summed E-state index contributed by atoms with van der Waals surface area (Å²) in [6.45, 7) is 0. The number of para-hydroxylation sites is 1. The molecule has 0 aliphatic carbocycles. The van der Waals surface area contributed by atoms with Crippen molar-refractivity contribution in [1.29, 1.82) is 0 Å². The Labute approximate surface area is 93.3 Å². The second kappa shape index (κ2) is 4.45. The molecule has 0 radical (unpaired) electrons. The lowest BCUT2D eigenvalue weighted by Crippen LogP contribution is -2.08. The Bertz CT molecular complexity index is 593. The quantitative estimate of drug-likeness (QED) is 0.724. The number of nitrogens with zero attached hydrogens (tertiary/aromatic N) is 1. The molecule has 0 fully saturated rings. The Morgan fingerprint density at radius 2 is 2.19 bits per heavy atom. The number of carbonyl (C=O) groups is 1. The topological polar surface area (TPSA) is 56.0 Å². The van der Waals surface area contributed by atoms with E-state index < -0.39 is 5.91 Å². The Kier molecular flexibility index (Phi) is 2.84. The number of hydrogen-bond donors (Lipinski definition) is 1. The van der Waals surface area contributed by atoms with E-state index in [1.165, 1.54) is 0 Å². The molecule has 3 heteroatoms. The van der Waals surface area contributed by atoms with Crippen molar-refractivity contribution in [3.63, 3.8) is 0 Å². The molecular weight excluding hydrogens is 200 g/mol. The predicted molar refractivity (Wildman–Crippen MR) is 62.4 cm³/mol. The lowest BCUT2D eigenvalue weighted by atomic mass is 10.1. The summed E-state index contributed by atoms with van der Waals surface area (Å²) >= 11 is 0. The molecule has 0 unspecified atom stereocenters. The van der Waals surface area contributed by atoms with Gasteiger partial charge in [-0.1, -0.05) is 30.0 Å². The van der Waals surface area contributed by atoms with Crippen LogP contribution in [-0.2, 0) is 4.79 Å². The number of rotatable bonds is 1. The molecule has 0 spiro atoms. The van der Waals surface area contributed by atoms with Crippen LogP contribution in [0.25, 0.3) is 10.9 Å². The van der Waals surface area contributed by atoms with Crippen LogP contribution in [0.2, 0.25) is 0 Å². The number of fused-ring (bicyclic) bond motifs is 1. The van der Waals surface area contributed by atoms with E-state index >= 15 is 0 Å². The maximum absolute atomic E-state index is 10.5. The molecule has 1 heterocycles. The Hall–Kier alpha value is -2.34. The summed E-state index contributed by atoms with van der Waals surface area (Å²) in [5, 5.41) is 1.04. The molecule has 0 aliphatic rings. The van der Waals surface area contributed by atoms with Gasteiger partial charge in [-0.15, -0.1) is 0 Å². The first-order chi connectivity index (χ1) is 7.75. The van der Waals surface area contributed by atoms with Crippen LogP contribution in [0.4, 0.5) is 0 Å². The van der Waals surface area contributed by atoms with Crippen LogP contribution in [0.15, 0.2) is 36.5 Å². The maximum atomic E-state index is 10.5. The normalized spacial score (nSPS) is 9.50. The van der Waals surface area contributed by atoms with Crippen LogP contribution in [0.1, 0.15) is 12.0 Å². The zero-order valence-electron chi connectivity index (χ0n) is 8.60. The van der Waals surface area contributed by atoms with Gasteiger partial charge in [-0.05, 0) is 12.1 Å². The molecule has 0 bridgehead atoms. The maximum Gasteiger partial charge on any atom is 0.229 e. The minimum absolute atomic E-state index is 0.0762. The van der Waals surface area contributed by atoms with Crippen molar-refractivity contribution in [2.24, 2.45) is 5.73 Å². The standard InChI is InChI=1S/C13H10N2O/c14-13(16)7-3-4-10-8-11-5-1-2-6-12(11)15-9-10/h1-2,5-6,8-9H,7H2,(H2,14,16). The largest absolute Gasteiger partial charge is 0.369 e. The molecular formula is C13H10N2O. The van der Waals surface area contributed by atoms with Crippen LogP contribution < -0.4 is 5.73 Å². The van der Waals surface area contributed by atoms with Gasteiger partial charge in [0, 0.05) is 17.1 Å². The number of pyridine rings is 1. The molecule has 2 aromatic rings. The van der Waals surface area contributed by atoms with E-state index in [4.69, 9.17) is 5.73 Å². The van der Waals surface area contributed by atoms with E-state index in [1.54, 1.807) is 6.20 Å². The first kappa shape index (κ1) is 10.2. The molecule has 3 nitrogen and oxygen atoms in total. The number of primary amides is 1. The number of aromatic nitrogens is 1. The van der Waals surface area contributed by atoms with Crippen molar-refractivity contribution in [3.8, 4) is 11.8 Å². The molecule has 0 saturated heterocycles. The van der Waals surface area contributed by atoms with E-state index in [0.717, 1.165) is 16.5 Å². The number of amides is 1. The fraction of sp³-hybridized carbons (Fsp3) is 0.0769. The van der Waals surface area contributed by atoms with Gasteiger partial charge in [-0.2, -0.15) is 0 Å². The highest BCUT2D eigenvalue weighted by atomic mass is 16.1. The van der Waals surface area contributed by atoms with Crippen molar-refractivity contribution in [2.75, 3.05) is 0 Å². The Morgan fingerprint density at radius 1 is 1.38 bits per heavy atom. The third-order valence-corrected chi connectivity index (χ3v) is 2.09. The van der Waals surface area contributed by atoms with Crippen LogP contribution in [0.5, 0.6) is 0 Å². The molecule has 2 rings (SSSR count). The number of benzene rings is 1. The Balaban J connectivity index is 2.31. The molecule has 0 saturated carbocycles. The lowest BCUT2D eigenvalue weighted by Gasteiger charge is -1.96. The Morgan fingerprint density at radius 3 is 3.00 bits per heavy atom. The molecule has 1 aromatic carbocycles. The molecule has 1 aromatic heterocycles. The average molecular weight is 210 g/mol. The molecule has 78 valence electrons. The smallest absolute Gasteiger partial charge is 0.229 e. The van der Waals surface area contributed by atoms with Gasteiger partial charge >= 0.3 is 0 Å². The van der Waals surface area contributed by atoms with Gasteiger partial charge in [0.2, 0.25) is 5.91 Å². The van der Waals surface area contributed by atoms with E-state index in [9.17, 15) is 4.79 Å². The van der Waals surface area contributed by atoms with E-state index in [-0.39, 0.29) is 6.42 Å². The van der Waals surface area contributed by atoms with Gasteiger partial charge in [-0.25, -0.2) is 0 Å². The van der Waals surface area contributed by atoms with Crippen molar-refractivity contribution in [2.45, 2.75) is 6.42 Å². The van der Waals surface area contributed by atoms with Crippen LogP contribution in [0, 0.1) is 11.8 Å². The zero-order valence-corrected chi connectivity index (χ0v) is 8.60. The minimum atomic E-state index is -0.416. The van der Waals surface area contributed by atoms with Gasteiger partial charge in [0.1, 0.15) is 0 Å². The molecule has 0 aliphatic heterocycles. The molecule has 0 atom stereocenters. The molecule has 16 heavy (non-hydrogen) atoms. The third-order valence-electron chi connectivity index (χ3n) is 2.09. The minimum Gasteiger partial charge on any atom is -0.369 e. The number of carbonyl (C=O) groups excluding carboxylic acids is 1. The first-order valence-corrected chi connectivity index (χ1v) is 4.88. The summed E-state index contributed by atoms with van der Waals surface area (Å²) in [7, 11) is 0. The van der Waals surface area contributed by atoms with Crippen molar-refractivity contribution < 1.29 is 4.79 Å². The average Bonchev–Trinajstić information content (AvgIpc) is 2.28. The lowest BCUT2D eigenvalue weighted by molar-refractivity contribution is -0.117. The van der Waals surface area contributed by atoms with Gasteiger partial charge in [-0.3, -0.25) is 9.78 Å². The summed E-state index contributed by atoms with van der Waals surface area (Å²) in [5.41, 5.74) is 6.71. The third kappa shape index (κ3) is 2.37. The van der Waals surface area contributed by atoms with Crippen LogP contribution in [-0.4, -0.2) is 10.9 Å². The summed E-state index contributed by atoms with van der Waals surface area (Å²) < 4.78 is 0. The van der Waals surface area contributed by atoms with Crippen molar-refractivity contribution in [3.05, 3.63) is 42.1 Å². The highest BCUT2D eigenvalue weighted by molar-refractivity contribution is 5.80. The van der Waals surface area contributed by atoms with Crippen molar-refractivity contribution >= 4 is 16.8 Å². The first-order valence-electron chi connectivity index (χ1n) is 4.88. The van der Waals surface area contributed by atoms with Gasteiger partial charge in [0.25, 0.3) is 0 Å². The second-order valence-corrected chi connectivity index (χ2v) is 3.36. The molecule has 1 amide bonds. The number of hydrogen-bond acceptors (Lipinski definition) is 2. The summed E-state index contributed by atoms with van der Waals surface area (Å²) in [6, 6.07) is 9.74. The summed E-state index contributed by atoms with van der Waals surface area (Å²) in [5.74, 6) is 5.14. The summed E-state index contributed by atoms with van der Waals surface area (Å²) in [4.78, 5) is 14.8. The van der Waals surface area contributed by atoms with Crippen LogP contribution in [0.3, 0.4) is 0 Å². The summed E-state index contributed by atoms with van der Waals surface area (Å²) in [6.07, 6.45) is 1.77. The van der Waals surface area contributed by atoms with Crippen molar-refractivity contribution in [1.82, 2.24) is 4.98 Å². The molecule has 2 N–H and O–H groups in total. The predicted octanol–water partition coefficient (Wildman–Crippen LogP) is 1.46. The van der Waals surface area contributed by atoms with Gasteiger partial charge < -0.3 is 5.73 Å². The van der Waals surface area contributed by atoms with E-state index in [2.05, 4.69) is 16.8 Å². The van der Waals surface area contributed by atoms with E-state index in [1.807, 2.05) is 30.3 Å². The highest BCUT2D eigenvalue weighted by Gasteiger charge is 1.94.